The molecule has 3 aliphatic rings. The second-order valence-electron chi connectivity index (χ2n) is 15.4. The third-order valence-electron chi connectivity index (χ3n) is 11.2. The summed E-state index contributed by atoms with van der Waals surface area (Å²) >= 11 is 0. The monoisotopic (exact) mass is 912 g/mol. The number of carbonyl (C=O) groups is 5. The molecule has 65 heavy (non-hydrogen) atoms. The highest BCUT2D eigenvalue weighted by Crippen LogP contribution is 2.52. The van der Waals surface area contributed by atoms with Crippen molar-refractivity contribution in [2.45, 2.75) is 75.5 Å². The maximum atomic E-state index is 14.0. The third-order valence-corrected chi connectivity index (χ3v) is 11.2. The number of rotatable bonds is 19. The Morgan fingerprint density at radius 2 is 1.57 bits per heavy atom. The summed E-state index contributed by atoms with van der Waals surface area (Å²) in [4.78, 5) is 67.4. The van der Waals surface area contributed by atoms with Gasteiger partial charge in [0.2, 0.25) is 11.5 Å². The summed E-state index contributed by atoms with van der Waals surface area (Å²) in [6.45, 7) is 0.877. The number of fused-ring (bicyclic) bond motifs is 3. The lowest BCUT2D eigenvalue weighted by molar-refractivity contribution is -0.247. The highest BCUT2D eigenvalue weighted by molar-refractivity contribution is 6.31. The Kier molecular flexibility index (Phi) is 15.6. The maximum absolute atomic E-state index is 14.0. The summed E-state index contributed by atoms with van der Waals surface area (Å²) in [5, 5.41) is 57.1. The fourth-order valence-corrected chi connectivity index (χ4v) is 7.95. The maximum Gasteiger partial charge on any atom is 0.407 e. The largest absolute Gasteiger partial charge is 0.507 e. The molecule has 21 heteroatoms. The number of hydrogen-bond donors (Lipinski definition) is 7. The minimum Gasteiger partial charge on any atom is -0.507 e. The lowest BCUT2D eigenvalue weighted by Crippen LogP contribution is -2.53. The van der Waals surface area contributed by atoms with E-state index in [9.17, 15) is 44.4 Å². The molecule has 1 saturated heterocycles. The van der Waals surface area contributed by atoms with E-state index < -0.39 is 114 Å². The van der Waals surface area contributed by atoms with Crippen molar-refractivity contribution in [3.63, 3.8) is 0 Å². The number of esters is 1. The number of Topliss-reactive ketones (excluding diaryl/α,β-unsaturated/α-hetero) is 1. The summed E-state index contributed by atoms with van der Waals surface area (Å²) in [5.74, 6) is -4.68. The third kappa shape index (κ3) is 10.3. The zero-order valence-electron chi connectivity index (χ0n) is 36.1. The molecule has 0 aromatic heterocycles. The van der Waals surface area contributed by atoms with Gasteiger partial charge in [-0.15, -0.1) is 0 Å². The number of nitrogens with two attached hydrogens (primary N) is 1. The smallest absolute Gasteiger partial charge is 0.407 e. The van der Waals surface area contributed by atoms with Gasteiger partial charge in [-0.25, -0.2) is 4.79 Å². The van der Waals surface area contributed by atoms with Gasteiger partial charge in [0.15, 0.2) is 29.4 Å². The second-order valence-corrected chi connectivity index (χ2v) is 15.4. The number of phenols is 2. The molecule has 0 bridgehead atoms. The van der Waals surface area contributed by atoms with Crippen LogP contribution in [0.25, 0.3) is 0 Å². The van der Waals surface area contributed by atoms with Crippen molar-refractivity contribution in [3.05, 3.63) is 69.3 Å². The highest BCUT2D eigenvalue weighted by Gasteiger charge is 2.50. The number of nitrogens with one attached hydrogen (secondary N) is 1. The molecule has 6 atom stereocenters. The number of ether oxygens (including phenoxy) is 9. The van der Waals surface area contributed by atoms with Crippen molar-refractivity contribution < 1.29 is 92.1 Å². The lowest BCUT2D eigenvalue weighted by Gasteiger charge is -2.42. The number of benzene rings is 3. The van der Waals surface area contributed by atoms with Gasteiger partial charge in [-0.05, 0) is 30.7 Å². The molecular weight excluding hydrogens is 860 g/mol. The molecule has 1 aliphatic heterocycles. The quantitative estimate of drug-likeness (QED) is 0.0302. The van der Waals surface area contributed by atoms with Crippen LogP contribution in [0.15, 0.2) is 30.3 Å². The van der Waals surface area contributed by atoms with Gasteiger partial charge in [-0.3, -0.25) is 19.2 Å². The average molecular weight is 913 g/mol. The molecule has 0 spiro atoms. The van der Waals surface area contributed by atoms with Gasteiger partial charge in [0.25, 0.3) is 0 Å². The second kappa shape index (κ2) is 20.9. The molecule has 1 amide bonds. The zero-order valence-corrected chi connectivity index (χ0v) is 36.1. The fourth-order valence-electron chi connectivity index (χ4n) is 7.95. The Balaban J connectivity index is 1.17. The van der Waals surface area contributed by atoms with Crippen LogP contribution < -0.4 is 30.0 Å². The fraction of sp³-hybridized carbons (Fsp3) is 0.477. The number of aliphatic hydroxyl groups is 3. The predicted octanol–water partition coefficient (Wildman–Crippen LogP) is 1.27. The van der Waals surface area contributed by atoms with E-state index in [1.807, 2.05) is 0 Å². The normalized spacial score (nSPS) is 22.2. The van der Waals surface area contributed by atoms with E-state index in [1.165, 1.54) is 51.7 Å². The minimum absolute atomic E-state index is 0.0348. The number of hydrogen-bond acceptors (Lipinski definition) is 20. The molecule has 0 radical (unpaired) electrons. The van der Waals surface area contributed by atoms with Crippen molar-refractivity contribution >= 4 is 29.4 Å². The number of aromatic hydroxyl groups is 2. The Morgan fingerprint density at radius 1 is 0.908 bits per heavy atom. The van der Waals surface area contributed by atoms with Crippen LogP contribution in [0, 0.1) is 0 Å². The van der Waals surface area contributed by atoms with Gasteiger partial charge in [-0.1, -0.05) is 12.1 Å². The molecule has 21 nitrogen and oxygen atoms in total. The Hall–Kier alpha value is -5.91. The molecule has 3 aromatic carbocycles. The van der Waals surface area contributed by atoms with Gasteiger partial charge in [-0.2, -0.15) is 0 Å². The number of aliphatic hydroxyl groups excluding tert-OH is 2. The van der Waals surface area contributed by atoms with Crippen LogP contribution >= 0.6 is 0 Å². The van der Waals surface area contributed by atoms with Crippen molar-refractivity contribution in [2.24, 2.45) is 5.73 Å². The first kappa shape index (κ1) is 48.5. The van der Waals surface area contributed by atoms with Gasteiger partial charge in [0.05, 0.1) is 102 Å². The van der Waals surface area contributed by atoms with Gasteiger partial charge < -0.3 is 79.2 Å². The van der Waals surface area contributed by atoms with Crippen LogP contribution in [-0.2, 0) is 46.3 Å². The first-order valence-corrected chi connectivity index (χ1v) is 20.6. The van der Waals surface area contributed by atoms with Gasteiger partial charge in [0, 0.05) is 42.0 Å². The van der Waals surface area contributed by atoms with E-state index in [1.54, 1.807) is 6.92 Å². The molecule has 4 unspecified atom stereocenters. The Morgan fingerprint density at radius 3 is 2.22 bits per heavy atom. The molecule has 352 valence electrons. The summed E-state index contributed by atoms with van der Waals surface area (Å²) in [7, 11) is 3.94. The molecule has 3 aromatic rings. The van der Waals surface area contributed by atoms with Gasteiger partial charge >= 0.3 is 12.1 Å². The highest BCUT2D eigenvalue weighted by atomic mass is 16.7. The van der Waals surface area contributed by atoms with E-state index in [-0.39, 0.29) is 91.1 Å². The number of ketones is 3. The number of methoxy groups -OCH3 is 3. The number of alkyl carbamates (subject to hydrolysis) is 1. The standard InChI is InChI=1S/C44H52N2O19/c1-21-37(50)25(45)16-32(63-21)64-29-18-44(56,17-24-34(29)41(54)36-35(39(24)52)38(51)23-6-5-7-26(57-2)33(23)40(36)53)30(48)19-46-43(55)62-20-22-14-27(58-3)42(28(15-22)59-4)65-31(49)8-10-60-12-13-61-11-9-47/h5-7,14-15,21,25,29,32,37,47,50,52,54,56H,8-13,16-20,45H2,1-4H3,(H,46,55)/t21?,25?,29-,32?,37?,44-/m0/s1. The van der Waals surface area contributed by atoms with Crippen molar-refractivity contribution in [3.8, 4) is 34.5 Å². The molecule has 8 N–H and O–H groups in total. The lowest BCUT2D eigenvalue weighted by atomic mass is 9.71. The molecule has 0 saturated carbocycles. The summed E-state index contributed by atoms with van der Waals surface area (Å²) < 4.78 is 49.4. The van der Waals surface area contributed by atoms with E-state index >= 15 is 0 Å². The summed E-state index contributed by atoms with van der Waals surface area (Å²) in [6, 6.07) is 6.32. The molecule has 2 aliphatic carbocycles. The summed E-state index contributed by atoms with van der Waals surface area (Å²) in [6.07, 6.45) is -7.10. The van der Waals surface area contributed by atoms with Crippen LogP contribution in [0.1, 0.15) is 80.8 Å². The van der Waals surface area contributed by atoms with Crippen molar-refractivity contribution in [2.75, 3.05) is 60.9 Å². The molecule has 1 heterocycles. The first-order chi connectivity index (χ1) is 31.1. The van der Waals surface area contributed by atoms with Crippen LogP contribution in [0.3, 0.4) is 0 Å². The molecule has 6 rings (SSSR count). The van der Waals surface area contributed by atoms with Crippen molar-refractivity contribution in [1.29, 1.82) is 0 Å². The number of carbonyl (C=O) groups excluding carboxylic acids is 5. The number of amides is 1. The van der Waals surface area contributed by atoms with E-state index in [4.69, 9.17) is 53.5 Å². The SMILES string of the molecule is COc1cc(COC(=O)NCC(=O)[C@]2(O)Cc3c(O)c4c(c(O)c3[C@@H](OC3CC(N)C(O)C(C)O3)C2)C(=O)c2c(OC)cccc2C4=O)cc(OC)c1OC(=O)CCOCCOCCO. The molecule has 1 fully saturated rings. The van der Waals surface area contributed by atoms with Crippen LogP contribution in [0.2, 0.25) is 0 Å². The van der Waals surface area contributed by atoms with Crippen LogP contribution in [-0.4, -0.2) is 146 Å². The first-order valence-electron chi connectivity index (χ1n) is 20.6. The molecular formula is C44H52N2O19. The summed E-state index contributed by atoms with van der Waals surface area (Å²) in [5.41, 5.74) is 2.22. The topological polar surface area (TPSA) is 308 Å². The van der Waals surface area contributed by atoms with E-state index in [2.05, 4.69) is 5.32 Å². The minimum atomic E-state index is -2.43. The zero-order chi connectivity index (χ0) is 47.2. The van der Waals surface area contributed by atoms with E-state index in [0.717, 1.165) is 0 Å². The predicted molar refractivity (Wildman–Crippen MR) is 221 cm³/mol. The Labute approximate surface area is 372 Å². The van der Waals surface area contributed by atoms with E-state index in [0.29, 0.717) is 5.56 Å². The average Bonchev–Trinajstić information content (AvgIpc) is 3.28. The van der Waals surface area contributed by atoms with Gasteiger partial charge in [0.1, 0.15) is 29.5 Å². The van der Waals surface area contributed by atoms with Crippen molar-refractivity contribution in [1.82, 2.24) is 5.32 Å². The van der Waals surface area contributed by atoms with Crippen LogP contribution in [0.4, 0.5) is 4.79 Å². The van der Waals surface area contributed by atoms with Crippen LogP contribution in [0.5, 0.6) is 34.5 Å². The number of phenolic OH excluding ortho intramolecular Hbond substituents is 2. The Bertz CT molecular complexity index is 2260.